The van der Waals surface area contributed by atoms with Gasteiger partial charge in [-0.1, -0.05) is 81.4 Å². The molecule has 0 spiro atoms. The lowest BCUT2D eigenvalue weighted by atomic mass is 9.91. The molecule has 1 aliphatic rings. The smallest absolute Gasteiger partial charge is 0.315 e. The van der Waals surface area contributed by atoms with Gasteiger partial charge in [-0.2, -0.15) is 0 Å². The largest absolute Gasteiger partial charge is 0.387 e. The molecule has 0 saturated carbocycles. The standard InChI is InChI=1S/C33H43N9O5/c1-4-33(31(34)45)27(44)26(43)30(47-33)42-19-39-25-28(37-17-23(21-11-7-5-8-12-21)22-13-9-6-10-14-22)40-24(41-29(25)42)18-38-32(46)36-16-15-35-20(2)3/h5-14,19-20,23,26-27,30,35,43-44H,4,15-18H2,1-3H3,(H2,34,45)(H2,36,38,46)(H,37,40,41)/t26-,27+,30-,33+/m1/s1. The molecule has 0 unspecified atom stereocenters. The number of ether oxygens (including phenoxy) is 1. The Labute approximate surface area is 273 Å². The van der Waals surface area contributed by atoms with Gasteiger partial charge in [0.25, 0.3) is 5.91 Å². The third-order valence-corrected chi connectivity index (χ3v) is 8.36. The van der Waals surface area contributed by atoms with Crippen LogP contribution in [0.5, 0.6) is 0 Å². The highest BCUT2D eigenvalue weighted by Gasteiger charge is 2.58. The third kappa shape index (κ3) is 7.36. The maximum absolute atomic E-state index is 12.5. The van der Waals surface area contributed by atoms with Crippen LogP contribution in [-0.2, 0) is 16.1 Å². The highest BCUT2D eigenvalue weighted by atomic mass is 16.6. The van der Waals surface area contributed by atoms with Crippen molar-refractivity contribution in [2.75, 3.05) is 25.0 Å². The van der Waals surface area contributed by atoms with E-state index in [1.165, 1.54) is 10.9 Å². The molecule has 14 heteroatoms. The van der Waals surface area contributed by atoms with E-state index in [1.807, 2.05) is 50.2 Å². The monoisotopic (exact) mass is 645 g/mol. The fourth-order valence-corrected chi connectivity index (χ4v) is 5.78. The highest BCUT2D eigenvalue weighted by molar-refractivity contribution is 5.85. The van der Waals surface area contributed by atoms with Crippen LogP contribution in [0.25, 0.3) is 11.2 Å². The maximum Gasteiger partial charge on any atom is 0.315 e. The highest BCUT2D eigenvalue weighted by Crippen LogP contribution is 2.40. The van der Waals surface area contributed by atoms with E-state index in [0.29, 0.717) is 37.0 Å². The van der Waals surface area contributed by atoms with E-state index < -0.39 is 29.9 Å². The molecule has 0 aliphatic carbocycles. The number of nitrogens with two attached hydrogens (primary N) is 1. The Kier molecular flexibility index (Phi) is 10.7. The van der Waals surface area contributed by atoms with Crippen molar-refractivity contribution in [3.05, 3.63) is 83.9 Å². The number of nitrogens with zero attached hydrogens (tertiary/aromatic N) is 4. The summed E-state index contributed by atoms with van der Waals surface area (Å²) in [5, 5.41) is 34.1. The summed E-state index contributed by atoms with van der Waals surface area (Å²) in [6, 6.07) is 20.1. The molecule has 14 nitrogen and oxygen atoms in total. The number of rotatable bonds is 14. The number of aromatic nitrogens is 4. The normalized spacial score (nSPS) is 21.0. The van der Waals surface area contributed by atoms with E-state index in [0.717, 1.165) is 11.1 Å². The van der Waals surface area contributed by atoms with Crippen LogP contribution in [-0.4, -0.2) is 85.2 Å². The summed E-state index contributed by atoms with van der Waals surface area (Å²) in [5.41, 5.74) is 6.67. The molecule has 5 rings (SSSR count). The van der Waals surface area contributed by atoms with Crippen LogP contribution in [0.3, 0.4) is 0 Å². The van der Waals surface area contributed by atoms with Gasteiger partial charge in [0.15, 0.2) is 34.6 Å². The molecule has 0 bridgehead atoms. The SMILES string of the molecule is CC[C@]1(C(N)=O)O[C@@H](n2cnc3c(NCC(c4ccccc4)c4ccccc4)nc(CNC(=O)NCCNC(C)C)nc32)[C@H](O)[C@@H]1O. The first-order valence-electron chi connectivity index (χ1n) is 15.8. The molecule has 2 aromatic heterocycles. The molecule has 2 aromatic carbocycles. The minimum absolute atomic E-state index is 0.0169. The van der Waals surface area contributed by atoms with Crippen molar-refractivity contribution in [2.45, 2.75) is 69.7 Å². The number of hydrogen-bond acceptors (Lipinski definition) is 10. The Hall–Kier alpha value is -4.63. The number of aliphatic hydroxyl groups is 2. The number of imidazole rings is 1. The zero-order valence-corrected chi connectivity index (χ0v) is 26.8. The first-order valence-corrected chi connectivity index (χ1v) is 15.8. The minimum Gasteiger partial charge on any atom is -0.387 e. The number of urea groups is 1. The van der Waals surface area contributed by atoms with Crippen LogP contribution in [0.4, 0.5) is 10.6 Å². The first-order chi connectivity index (χ1) is 22.6. The third-order valence-electron chi connectivity index (χ3n) is 8.36. The molecule has 3 heterocycles. The molecular weight excluding hydrogens is 602 g/mol. The first kappa shape index (κ1) is 33.7. The van der Waals surface area contributed by atoms with Gasteiger partial charge in [-0.25, -0.2) is 19.7 Å². The number of carbonyl (C=O) groups is 2. The van der Waals surface area contributed by atoms with Crippen molar-refractivity contribution in [3.8, 4) is 0 Å². The maximum atomic E-state index is 12.5. The van der Waals surface area contributed by atoms with E-state index in [-0.39, 0.29) is 36.4 Å². The number of fused-ring (bicyclic) bond motifs is 1. The van der Waals surface area contributed by atoms with E-state index in [4.69, 9.17) is 15.5 Å². The van der Waals surface area contributed by atoms with Crippen LogP contribution < -0.4 is 27.0 Å². The van der Waals surface area contributed by atoms with E-state index in [1.54, 1.807) is 6.92 Å². The van der Waals surface area contributed by atoms with Gasteiger partial charge < -0.3 is 42.0 Å². The fraction of sp³-hybridized carbons (Fsp3) is 0.424. The van der Waals surface area contributed by atoms with Crippen LogP contribution >= 0.6 is 0 Å². The molecular formula is C33H43N9O5. The fourth-order valence-electron chi connectivity index (χ4n) is 5.78. The second kappa shape index (κ2) is 14.9. The van der Waals surface area contributed by atoms with Gasteiger partial charge in [-0.3, -0.25) is 9.36 Å². The van der Waals surface area contributed by atoms with E-state index in [9.17, 15) is 19.8 Å². The van der Waals surface area contributed by atoms with Crippen LogP contribution in [0.1, 0.15) is 56.3 Å². The molecule has 1 saturated heterocycles. The summed E-state index contributed by atoms with van der Waals surface area (Å²) in [6.07, 6.45) is -2.83. The van der Waals surface area contributed by atoms with Crippen molar-refractivity contribution in [3.63, 3.8) is 0 Å². The van der Waals surface area contributed by atoms with Crippen molar-refractivity contribution < 1.29 is 24.5 Å². The lowest BCUT2D eigenvalue weighted by Crippen LogP contribution is -2.52. The number of anilines is 1. The minimum atomic E-state index is -1.79. The Balaban J connectivity index is 1.46. The molecule has 4 atom stereocenters. The zero-order valence-electron chi connectivity index (χ0n) is 26.8. The van der Waals surface area contributed by atoms with Gasteiger partial charge >= 0.3 is 6.03 Å². The molecule has 4 aromatic rings. The predicted octanol–water partition coefficient (Wildman–Crippen LogP) is 1.75. The lowest BCUT2D eigenvalue weighted by Gasteiger charge is -2.26. The number of hydrogen-bond donors (Lipinski definition) is 7. The molecule has 1 fully saturated rings. The zero-order chi connectivity index (χ0) is 33.6. The van der Waals surface area contributed by atoms with Gasteiger partial charge in [0.2, 0.25) is 0 Å². The van der Waals surface area contributed by atoms with E-state index in [2.05, 4.69) is 55.5 Å². The van der Waals surface area contributed by atoms with Crippen LogP contribution in [0.2, 0.25) is 0 Å². The lowest BCUT2D eigenvalue weighted by molar-refractivity contribution is -0.155. The van der Waals surface area contributed by atoms with E-state index >= 15 is 0 Å². The molecule has 250 valence electrons. The number of aliphatic hydroxyl groups excluding tert-OH is 2. The number of benzene rings is 2. The van der Waals surface area contributed by atoms with Gasteiger partial charge in [-0.05, 0) is 17.5 Å². The summed E-state index contributed by atoms with van der Waals surface area (Å²) < 4.78 is 7.43. The van der Waals surface area contributed by atoms with Gasteiger partial charge in [0.1, 0.15) is 12.2 Å². The molecule has 3 amide bonds. The summed E-state index contributed by atoms with van der Waals surface area (Å²) in [5.74, 6) is -0.262. The summed E-state index contributed by atoms with van der Waals surface area (Å²) in [4.78, 5) is 38.8. The predicted molar refractivity (Wildman–Crippen MR) is 176 cm³/mol. The van der Waals surface area contributed by atoms with Crippen LogP contribution in [0.15, 0.2) is 67.0 Å². The average molecular weight is 646 g/mol. The Morgan fingerprint density at radius 3 is 2.23 bits per heavy atom. The summed E-state index contributed by atoms with van der Waals surface area (Å²) in [6.45, 7) is 7.18. The second-order valence-corrected chi connectivity index (χ2v) is 11.8. The Bertz CT molecular complexity index is 1610. The number of amides is 3. The average Bonchev–Trinajstić information content (AvgIpc) is 3.61. The number of nitrogens with one attached hydrogen (secondary N) is 4. The quantitative estimate of drug-likeness (QED) is 0.0991. The van der Waals surface area contributed by atoms with Crippen molar-refractivity contribution in [1.29, 1.82) is 0 Å². The number of primary amides is 1. The molecule has 1 aliphatic heterocycles. The van der Waals surface area contributed by atoms with Crippen molar-refractivity contribution in [1.82, 2.24) is 35.5 Å². The Morgan fingerprint density at radius 2 is 1.66 bits per heavy atom. The van der Waals surface area contributed by atoms with Gasteiger partial charge in [0, 0.05) is 31.6 Å². The summed E-state index contributed by atoms with van der Waals surface area (Å²) in [7, 11) is 0. The Morgan fingerprint density at radius 1 is 1.00 bits per heavy atom. The van der Waals surface area contributed by atoms with Gasteiger partial charge in [-0.15, -0.1) is 0 Å². The van der Waals surface area contributed by atoms with Gasteiger partial charge in [0.05, 0.1) is 12.9 Å². The van der Waals surface area contributed by atoms with Crippen molar-refractivity contribution >= 4 is 28.9 Å². The molecule has 8 N–H and O–H groups in total. The second-order valence-electron chi connectivity index (χ2n) is 11.8. The van der Waals surface area contributed by atoms with Crippen molar-refractivity contribution in [2.24, 2.45) is 5.73 Å². The number of carbonyl (C=O) groups excluding carboxylic acids is 2. The molecule has 0 radical (unpaired) electrons. The van der Waals surface area contributed by atoms with Crippen LogP contribution in [0, 0.1) is 0 Å². The topological polar surface area (TPSA) is 202 Å². The molecule has 47 heavy (non-hydrogen) atoms. The summed E-state index contributed by atoms with van der Waals surface area (Å²) >= 11 is 0.